The fourth-order valence-corrected chi connectivity index (χ4v) is 3.25. The normalized spacial score (nSPS) is 17.4. The molecule has 10 heteroatoms. The standard InChI is InChI=1S/C15H16ClN5O4/c1-25-15(22)11-5-14(21(23)24)13(6-12(11)16)19-4-2-3-10(7-19)20-9-17-8-18-20/h5-6,8-10H,2-4,7H2,1H3. The fraction of sp³-hybridized carbons (Fsp3) is 0.400. The molecule has 25 heavy (non-hydrogen) atoms. The maximum Gasteiger partial charge on any atom is 0.339 e. The van der Waals surface area contributed by atoms with E-state index in [0.717, 1.165) is 12.8 Å². The van der Waals surface area contributed by atoms with Crippen molar-refractivity contribution in [3.05, 3.63) is 45.5 Å². The molecular weight excluding hydrogens is 350 g/mol. The molecule has 0 saturated carbocycles. The zero-order chi connectivity index (χ0) is 18.0. The van der Waals surface area contributed by atoms with Gasteiger partial charge in [-0.15, -0.1) is 0 Å². The van der Waals surface area contributed by atoms with Crippen molar-refractivity contribution in [1.82, 2.24) is 14.8 Å². The van der Waals surface area contributed by atoms with Crippen molar-refractivity contribution < 1.29 is 14.5 Å². The van der Waals surface area contributed by atoms with Gasteiger partial charge in [-0.05, 0) is 18.9 Å². The number of carbonyl (C=O) groups excluding carboxylic acids is 1. The van der Waals surface area contributed by atoms with Crippen LogP contribution in [0.15, 0.2) is 24.8 Å². The molecule has 1 unspecified atom stereocenters. The first-order valence-electron chi connectivity index (χ1n) is 7.66. The van der Waals surface area contributed by atoms with E-state index in [2.05, 4.69) is 14.8 Å². The number of esters is 1. The van der Waals surface area contributed by atoms with Crippen LogP contribution in [0.25, 0.3) is 0 Å². The van der Waals surface area contributed by atoms with Gasteiger partial charge in [-0.2, -0.15) is 5.10 Å². The summed E-state index contributed by atoms with van der Waals surface area (Å²) in [5.74, 6) is -0.709. The monoisotopic (exact) mass is 365 g/mol. The summed E-state index contributed by atoms with van der Waals surface area (Å²) in [6, 6.07) is 2.69. The molecule has 1 saturated heterocycles. The summed E-state index contributed by atoms with van der Waals surface area (Å²) >= 11 is 6.16. The zero-order valence-electron chi connectivity index (χ0n) is 13.5. The summed E-state index contributed by atoms with van der Waals surface area (Å²) in [7, 11) is 1.20. The van der Waals surface area contributed by atoms with Gasteiger partial charge in [0, 0.05) is 19.2 Å². The number of aromatic nitrogens is 3. The maximum absolute atomic E-state index is 11.7. The van der Waals surface area contributed by atoms with Gasteiger partial charge in [-0.25, -0.2) is 14.5 Å². The molecule has 2 aromatic rings. The summed E-state index contributed by atoms with van der Waals surface area (Å²) in [5.41, 5.74) is 0.181. The van der Waals surface area contributed by atoms with E-state index in [1.807, 2.05) is 4.90 Å². The van der Waals surface area contributed by atoms with Gasteiger partial charge in [0.1, 0.15) is 18.3 Å². The topological polar surface area (TPSA) is 103 Å². The Balaban J connectivity index is 1.96. The molecule has 2 heterocycles. The van der Waals surface area contributed by atoms with Gasteiger partial charge in [0.15, 0.2) is 0 Å². The Kier molecular flexibility index (Phi) is 4.84. The van der Waals surface area contributed by atoms with E-state index in [4.69, 9.17) is 11.6 Å². The molecule has 1 aromatic heterocycles. The molecule has 0 N–H and O–H groups in total. The van der Waals surface area contributed by atoms with E-state index in [1.165, 1.54) is 25.6 Å². The Bertz CT molecular complexity index is 795. The fourth-order valence-electron chi connectivity index (χ4n) is 3.01. The second kappa shape index (κ2) is 7.06. The quantitative estimate of drug-likeness (QED) is 0.465. The number of nitro groups is 1. The molecule has 0 bridgehead atoms. The van der Waals surface area contributed by atoms with Gasteiger partial charge in [-0.3, -0.25) is 10.1 Å². The number of nitro benzene ring substituents is 1. The molecule has 0 amide bonds. The van der Waals surface area contributed by atoms with Crippen molar-refractivity contribution >= 4 is 28.9 Å². The van der Waals surface area contributed by atoms with Crippen LogP contribution in [0.1, 0.15) is 29.2 Å². The summed E-state index contributed by atoms with van der Waals surface area (Å²) in [6.07, 6.45) is 4.85. The predicted octanol–water partition coefficient (Wildman–Crippen LogP) is 2.47. The van der Waals surface area contributed by atoms with E-state index < -0.39 is 10.9 Å². The number of ether oxygens (including phenoxy) is 1. The highest BCUT2D eigenvalue weighted by Crippen LogP contribution is 2.37. The lowest BCUT2D eigenvalue weighted by molar-refractivity contribution is -0.384. The Morgan fingerprint density at radius 2 is 2.28 bits per heavy atom. The Labute approximate surface area is 148 Å². The molecule has 0 spiro atoms. The van der Waals surface area contributed by atoms with Crippen LogP contribution in [0.5, 0.6) is 0 Å². The number of benzene rings is 1. The average molecular weight is 366 g/mol. The van der Waals surface area contributed by atoms with Crippen LogP contribution in [0.3, 0.4) is 0 Å². The molecule has 1 atom stereocenters. The third-order valence-electron chi connectivity index (χ3n) is 4.21. The first-order valence-corrected chi connectivity index (χ1v) is 8.04. The Morgan fingerprint density at radius 1 is 1.48 bits per heavy atom. The second-order valence-corrected chi connectivity index (χ2v) is 6.09. The number of carbonyl (C=O) groups is 1. The number of rotatable bonds is 4. The molecule has 0 aliphatic carbocycles. The number of halogens is 1. The first kappa shape index (κ1) is 17.2. The predicted molar refractivity (Wildman–Crippen MR) is 90.0 cm³/mol. The van der Waals surface area contributed by atoms with Gasteiger partial charge in [0.05, 0.1) is 28.7 Å². The number of anilines is 1. The second-order valence-electron chi connectivity index (χ2n) is 5.69. The molecule has 1 fully saturated rings. The van der Waals surface area contributed by atoms with E-state index in [-0.39, 0.29) is 22.3 Å². The largest absolute Gasteiger partial charge is 0.465 e. The third kappa shape index (κ3) is 3.41. The van der Waals surface area contributed by atoms with Crippen LogP contribution in [-0.2, 0) is 4.74 Å². The third-order valence-corrected chi connectivity index (χ3v) is 4.53. The summed E-state index contributed by atoms with van der Waals surface area (Å²) < 4.78 is 6.38. The van der Waals surface area contributed by atoms with Crippen LogP contribution < -0.4 is 4.90 Å². The SMILES string of the molecule is COC(=O)c1cc([N+](=O)[O-])c(N2CCCC(n3cncn3)C2)cc1Cl. The molecule has 3 rings (SSSR count). The van der Waals surface area contributed by atoms with Crippen LogP contribution >= 0.6 is 11.6 Å². The Morgan fingerprint density at radius 3 is 2.92 bits per heavy atom. The van der Waals surface area contributed by atoms with E-state index >= 15 is 0 Å². The highest BCUT2D eigenvalue weighted by Gasteiger charge is 2.29. The van der Waals surface area contributed by atoms with Gasteiger partial charge >= 0.3 is 5.97 Å². The van der Waals surface area contributed by atoms with Crippen LogP contribution in [-0.4, -0.2) is 45.9 Å². The summed E-state index contributed by atoms with van der Waals surface area (Å²) in [4.78, 5) is 28.6. The van der Waals surface area contributed by atoms with Gasteiger partial charge in [0.2, 0.25) is 0 Å². The van der Waals surface area contributed by atoms with E-state index in [9.17, 15) is 14.9 Å². The minimum absolute atomic E-state index is 0.0237. The van der Waals surface area contributed by atoms with Crippen molar-refractivity contribution in [3.8, 4) is 0 Å². The van der Waals surface area contributed by atoms with Crippen molar-refractivity contribution in [1.29, 1.82) is 0 Å². The smallest absolute Gasteiger partial charge is 0.339 e. The molecule has 9 nitrogen and oxygen atoms in total. The molecular formula is C15H16ClN5O4. The molecule has 1 aliphatic heterocycles. The lowest BCUT2D eigenvalue weighted by atomic mass is 10.0. The maximum atomic E-state index is 11.7. The number of piperidine rings is 1. The first-order chi connectivity index (χ1) is 12.0. The molecule has 1 aliphatic rings. The van der Waals surface area contributed by atoms with E-state index in [0.29, 0.717) is 18.8 Å². The highest BCUT2D eigenvalue weighted by molar-refractivity contribution is 6.34. The molecule has 0 radical (unpaired) electrons. The van der Waals surface area contributed by atoms with Crippen LogP contribution in [0, 0.1) is 10.1 Å². The Hall–Kier alpha value is -2.68. The minimum atomic E-state index is -0.709. The minimum Gasteiger partial charge on any atom is -0.465 e. The lowest BCUT2D eigenvalue weighted by Crippen LogP contribution is -2.37. The lowest BCUT2D eigenvalue weighted by Gasteiger charge is -2.34. The van der Waals surface area contributed by atoms with Gasteiger partial charge < -0.3 is 9.64 Å². The van der Waals surface area contributed by atoms with Crippen molar-refractivity contribution in [3.63, 3.8) is 0 Å². The van der Waals surface area contributed by atoms with Gasteiger partial charge in [-0.1, -0.05) is 11.6 Å². The number of methoxy groups -OCH3 is 1. The van der Waals surface area contributed by atoms with Crippen molar-refractivity contribution in [2.45, 2.75) is 18.9 Å². The van der Waals surface area contributed by atoms with Crippen molar-refractivity contribution in [2.75, 3.05) is 25.1 Å². The molecule has 1 aromatic carbocycles. The number of nitrogens with zero attached hydrogens (tertiary/aromatic N) is 5. The summed E-state index contributed by atoms with van der Waals surface area (Å²) in [5, 5.41) is 15.8. The average Bonchev–Trinajstić information content (AvgIpc) is 3.15. The van der Waals surface area contributed by atoms with Crippen LogP contribution in [0.2, 0.25) is 5.02 Å². The summed E-state index contributed by atoms with van der Waals surface area (Å²) in [6.45, 7) is 1.19. The number of hydrogen-bond acceptors (Lipinski definition) is 7. The van der Waals surface area contributed by atoms with Gasteiger partial charge in [0.25, 0.3) is 5.69 Å². The van der Waals surface area contributed by atoms with Crippen molar-refractivity contribution in [2.24, 2.45) is 0 Å². The zero-order valence-corrected chi connectivity index (χ0v) is 14.2. The number of hydrogen-bond donors (Lipinski definition) is 0. The molecule has 132 valence electrons. The highest BCUT2D eigenvalue weighted by atomic mass is 35.5. The van der Waals surface area contributed by atoms with E-state index in [1.54, 1.807) is 11.0 Å². The van der Waals surface area contributed by atoms with Crippen LogP contribution in [0.4, 0.5) is 11.4 Å².